The van der Waals surface area contributed by atoms with Gasteiger partial charge in [-0.1, -0.05) is 53.5 Å². The number of fused-ring (bicyclic) bond motifs is 1. The first-order valence-electron chi connectivity index (χ1n) is 6.58. The summed E-state index contributed by atoms with van der Waals surface area (Å²) in [4.78, 5) is 0. The predicted molar refractivity (Wildman–Crippen MR) is 82.2 cm³/mol. The molecular formula is C16H15Cl2NO. The predicted octanol–water partition coefficient (Wildman–Crippen LogP) is 3.74. The summed E-state index contributed by atoms with van der Waals surface area (Å²) in [6.45, 7) is 0.646. The lowest BCUT2D eigenvalue weighted by Crippen LogP contribution is -2.28. The second-order valence-electron chi connectivity index (χ2n) is 5.08. The molecule has 0 amide bonds. The summed E-state index contributed by atoms with van der Waals surface area (Å²) in [5, 5.41) is 14.7. The van der Waals surface area contributed by atoms with E-state index in [1.54, 1.807) is 6.07 Å². The summed E-state index contributed by atoms with van der Waals surface area (Å²) in [6.07, 6.45) is 0.324. The molecule has 104 valence electrons. The first kappa shape index (κ1) is 13.9. The summed E-state index contributed by atoms with van der Waals surface area (Å²) in [7, 11) is 0. The Morgan fingerprint density at radius 1 is 1.10 bits per heavy atom. The van der Waals surface area contributed by atoms with E-state index in [0.29, 0.717) is 23.0 Å². The summed E-state index contributed by atoms with van der Waals surface area (Å²) < 4.78 is 0. The Bertz CT molecular complexity index is 630. The summed E-state index contributed by atoms with van der Waals surface area (Å²) in [6, 6.07) is 13.7. The van der Waals surface area contributed by atoms with Crippen LogP contribution in [0.4, 0.5) is 0 Å². The van der Waals surface area contributed by atoms with Crippen LogP contribution in [0.25, 0.3) is 0 Å². The van der Waals surface area contributed by atoms with E-state index in [-0.39, 0.29) is 12.1 Å². The van der Waals surface area contributed by atoms with Crippen molar-refractivity contribution in [2.45, 2.75) is 25.1 Å². The van der Waals surface area contributed by atoms with E-state index >= 15 is 0 Å². The van der Waals surface area contributed by atoms with Crippen molar-refractivity contribution < 1.29 is 5.11 Å². The number of aliphatic hydroxyl groups is 1. The molecule has 0 aliphatic heterocycles. The van der Waals surface area contributed by atoms with Crippen molar-refractivity contribution in [3.05, 3.63) is 69.2 Å². The van der Waals surface area contributed by atoms with Gasteiger partial charge in [0.25, 0.3) is 0 Å². The second kappa shape index (κ2) is 5.74. The molecule has 0 spiro atoms. The second-order valence-corrected chi connectivity index (χ2v) is 5.89. The van der Waals surface area contributed by atoms with Crippen molar-refractivity contribution in [3.63, 3.8) is 0 Å². The molecule has 2 atom stereocenters. The zero-order valence-electron chi connectivity index (χ0n) is 10.8. The number of hydrogen-bond acceptors (Lipinski definition) is 2. The maximum Gasteiger partial charge on any atom is 0.0775 e. The summed E-state index contributed by atoms with van der Waals surface area (Å²) in [5.74, 6) is 0. The van der Waals surface area contributed by atoms with E-state index in [1.807, 2.05) is 24.3 Å². The lowest BCUT2D eigenvalue weighted by Gasteiger charge is -2.18. The maximum atomic E-state index is 10.2. The highest BCUT2D eigenvalue weighted by molar-refractivity contribution is 6.42. The molecule has 20 heavy (non-hydrogen) atoms. The molecule has 0 heterocycles. The molecule has 2 aromatic carbocycles. The van der Waals surface area contributed by atoms with Gasteiger partial charge < -0.3 is 10.4 Å². The third-order valence-corrected chi connectivity index (χ3v) is 4.45. The first-order valence-corrected chi connectivity index (χ1v) is 7.34. The Balaban J connectivity index is 1.74. The van der Waals surface area contributed by atoms with Crippen LogP contribution in [-0.2, 0) is 13.0 Å². The smallest absolute Gasteiger partial charge is 0.0775 e. The van der Waals surface area contributed by atoms with Crippen LogP contribution in [-0.4, -0.2) is 11.2 Å². The Labute approximate surface area is 128 Å². The minimum absolute atomic E-state index is 0.0272. The van der Waals surface area contributed by atoms with Gasteiger partial charge in [-0.3, -0.25) is 0 Å². The molecule has 0 saturated carbocycles. The van der Waals surface area contributed by atoms with E-state index in [4.69, 9.17) is 23.2 Å². The molecule has 2 nitrogen and oxygen atoms in total. The molecule has 0 unspecified atom stereocenters. The molecule has 2 N–H and O–H groups in total. The van der Waals surface area contributed by atoms with Crippen molar-refractivity contribution in [3.8, 4) is 0 Å². The fourth-order valence-corrected chi connectivity index (χ4v) is 3.02. The average Bonchev–Trinajstić information content (AvgIpc) is 2.76. The van der Waals surface area contributed by atoms with Gasteiger partial charge >= 0.3 is 0 Å². The zero-order valence-corrected chi connectivity index (χ0v) is 12.3. The van der Waals surface area contributed by atoms with Gasteiger partial charge in [-0.05, 0) is 28.8 Å². The monoisotopic (exact) mass is 307 g/mol. The van der Waals surface area contributed by atoms with Crippen LogP contribution in [0.15, 0.2) is 42.5 Å². The van der Waals surface area contributed by atoms with Crippen LogP contribution >= 0.6 is 23.2 Å². The third kappa shape index (κ3) is 2.70. The van der Waals surface area contributed by atoms with Crippen LogP contribution in [0, 0.1) is 0 Å². The molecule has 0 saturated heterocycles. The lowest BCUT2D eigenvalue weighted by molar-refractivity contribution is 0.140. The number of halogens is 2. The van der Waals surface area contributed by atoms with Gasteiger partial charge in [-0.15, -0.1) is 0 Å². The average molecular weight is 308 g/mol. The molecule has 4 heteroatoms. The molecule has 0 radical (unpaired) electrons. The SMILES string of the molecule is O[C@H]1Cc2ccccc2[C@H]1NCc1ccc(Cl)c(Cl)c1. The molecule has 1 aliphatic rings. The first-order chi connectivity index (χ1) is 9.65. The van der Waals surface area contributed by atoms with Crippen molar-refractivity contribution in [1.29, 1.82) is 0 Å². The van der Waals surface area contributed by atoms with E-state index in [1.165, 1.54) is 11.1 Å². The van der Waals surface area contributed by atoms with Crippen molar-refractivity contribution >= 4 is 23.2 Å². The van der Waals surface area contributed by atoms with Gasteiger partial charge in [-0.2, -0.15) is 0 Å². The largest absolute Gasteiger partial charge is 0.391 e. The molecule has 1 aliphatic carbocycles. The number of aliphatic hydroxyl groups excluding tert-OH is 1. The third-order valence-electron chi connectivity index (χ3n) is 3.71. The maximum absolute atomic E-state index is 10.2. The van der Waals surface area contributed by atoms with Crippen molar-refractivity contribution in [1.82, 2.24) is 5.32 Å². The lowest BCUT2D eigenvalue weighted by atomic mass is 10.1. The zero-order chi connectivity index (χ0) is 14.1. The fraction of sp³-hybridized carbons (Fsp3) is 0.250. The minimum Gasteiger partial charge on any atom is -0.391 e. The standard InChI is InChI=1S/C16H15Cl2NO/c17-13-6-5-10(7-14(13)18)9-19-16-12-4-2-1-3-11(12)8-15(16)20/h1-7,15-16,19-20H,8-9H2/t15-,16+/m0/s1. The van der Waals surface area contributed by atoms with Gasteiger partial charge in [0.2, 0.25) is 0 Å². The van der Waals surface area contributed by atoms with Crippen LogP contribution < -0.4 is 5.32 Å². The molecular weight excluding hydrogens is 293 g/mol. The highest BCUT2D eigenvalue weighted by atomic mass is 35.5. The van der Waals surface area contributed by atoms with Crippen molar-refractivity contribution in [2.24, 2.45) is 0 Å². The quantitative estimate of drug-likeness (QED) is 0.905. The van der Waals surface area contributed by atoms with Gasteiger partial charge in [0.15, 0.2) is 0 Å². The normalized spacial score (nSPS) is 20.9. The van der Waals surface area contributed by atoms with E-state index in [0.717, 1.165) is 5.56 Å². The van der Waals surface area contributed by atoms with E-state index in [9.17, 15) is 5.11 Å². The number of nitrogens with one attached hydrogen (secondary N) is 1. The molecule has 3 rings (SSSR count). The Hall–Kier alpha value is -1.06. The Morgan fingerprint density at radius 3 is 2.70 bits per heavy atom. The van der Waals surface area contributed by atoms with Gasteiger partial charge in [0.1, 0.15) is 0 Å². The highest BCUT2D eigenvalue weighted by Crippen LogP contribution is 2.31. The highest BCUT2D eigenvalue weighted by Gasteiger charge is 2.29. The Kier molecular flexibility index (Phi) is 3.99. The fourth-order valence-electron chi connectivity index (χ4n) is 2.70. The summed E-state index contributed by atoms with van der Waals surface area (Å²) >= 11 is 11.9. The van der Waals surface area contributed by atoms with Crippen molar-refractivity contribution in [2.75, 3.05) is 0 Å². The molecule has 0 fully saturated rings. The summed E-state index contributed by atoms with van der Waals surface area (Å²) in [5.41, 5.74) is 3.45. The Morgan fingerprint density at radius 2 is 1.90 bits per heavy atom. The topological polar surface area (TPSA) is 32.3 Å². The number of rotatable bonds is 3. The van der Waals surface area contributed by atoms with Crippen LogP contribution in [0.5, 0.6) is 0 Å². The van der Waals surface area contributed by atoms with Gasteiger partial charge in [0.05, 0.1) is 22.2 Å². The molecule has 2 aromatic rings. The van der Waals surface area contributed by atoms with Crippen LogP contribution in [0.2, 0.25) is 10.0 Å². The van der Waals surface area contributed by atoms with E-state index in [2.05, 4.69) is 17.4 Å². The molecule has 0 bridgehead atoms. The van der Waals surface area contributed by atoms with Gasteiger partial charge in [0, 0.05) is 13.0 Å². The van der Waals surface area contributed by atoms with Crippen LogP contribution in [0.3, 0.4) is 0 Å². The number of benzene rings is 2. The van der Waals surface area contributed by atoms with E-state index < -0.39 is 0 Å². The number of hydrogen-bond donors (Lipinski definition) is 2. The van der Waals surface area contributed by atoms with Gasteiger partial charge in [-0.25, -0.2) is 0 Å². The molecule has 0 aromatic heterocycles. The minimum atomic E-state index is -0.379. The van der Waals surface area contributed by atoms with Crippen LogP contribution in [0.1, 0.15) is 22.7 Å².